The number of nitrogens with two attached hydrogens (primary N) is 1. The molecule has 0 spiro atoms. The van der Waals surface area contributed by atoms with Crippen molar-refractivity contribution in [1.82, 2.24) is 4.90 Å². The molecule has 142 valence electrons. The van der Waals surface area contributed by atoms with Gasteiger partial charge < -0.3 is 15.4 Å². The van der Waals surface area contributed by atoms with Gasteiger partial charge in [-0.3, -0.25) is 5.41 Å². The number of nitrogens with one attached hydrogen (secondary N) is 1. The van der Waals surface area contributed by atoms with E-state index in [-0.39, 0.29) is 18.4 Å². The highest BCUT2D eigenvalue weighted by Crippen LogP contribution is 2.44. The van der Waals surface area contributed by atoms with Crippen molar-refractivity contribution >= 4 is 30.5 Å². The molecule has 1 aliphatic carbocycles. The number of fused-ring (bicyclic) bond motifs is 2. The summed E-state index contributed by atoms with van der Waals surface area (Å²) in [6, 6.07) is 15.1. The lowest BCUT2D eigenvalue weighted by Crippen LogP contribution is -2.43. The normalized spacial score (nSPS) is 18.7. The number of hydrogen-bond donors (Lipinski definition) is 2. The second-order valence-corrected chi connectivity index (χ2v) is 7.14. The van der Waals surface area contributed by atoms with E-state index in [1.165, 1.54) is 22.3 Å². The van der Waals surface area contributed by atoms with Crippen LogP contribution in [0.15, 0.2) is 42.5 Å². The maximum Gasteiger partial charge on any atom is 0.188 e. The molecule has 0 radical (unpaired) electrons. The molecule has 1 heterocycles. The molecule has 5 heteroatoms. The van der Waals surface area contributed by atoms with Gasteiger partial charge >= 0.3 is 0 Å². The van der Waals surface area contributed by atoms with E-state index in [9.17, 15) is 0 Å². The van der Waals surface area contributed by atoms with Crippen LogP contribution in [0, 0.1) is 11.3 Å². The SMILES string of the molecule is COc1ccc2c(c1)C(C1CCN(C(=N)N)CC1)c1ccccc1C=C2.Cl. The first kappa shape index (κ1) is 19.3. The van der Waals surface area contributed by atoms with Crippen LogP contribution in [0.3, 0.4) is 0 Å². The summed E-state index contributed by atoms with van der Waals surface area (Å²) in [7, 11) is 1.72. The third-order valence-electron chi connectivity index (χ3n) is 5.75. The molecule has 4 rings (SSSR count). The van der Waals surface area contributed by atoms with Gasteiger partial charge in [-0.25, -0.2) is 0 Å². The number of likely N-dealkylation sites (tertiary alicyclic amines) is 1. The van der Waals surface area contributed by atoms with Crippen LogP contribution < -0.4 is 10.5 Å². The fraction of sp³-hybridized carbons (Fsp3) is 0.318. The Morgan fingerprint density at radius 3 is 2.37 bits per heavy atom. The molecule has 2 aromatic rings. The summed E-state index contributed by atoms with van der Waals surface area (Å²) >= 11 is 0. The van der Waals surface area contributed by atoms with Gasteiger partial charge in [0.2, 0.25) is 0 Å². The molecule has 2 aromatic carbocycles. The van der Waals surface area contributed by atoms with Gasteiger partial charge in [0, 0.05) is 19.0 Å². The maximum absolute atomic E-state index is 7.70. The first-order valence-electron chi connectivity index (χ1n) is 9.21. The number of nitrogens with zero attached hydrogens (tertiary/aromatic N) is 1. The first-order chi connectivity index (χ1) is 12.7. The highest BCUT2D eigenvalue weighted by Gasteiger charge is 2.32. The Morgan fingerprint density at radius 2 is 1.70 bits per heavy atom. The number of benzene rings is 2. The van der Waals surface area contributed by atoms with E-state index in [1.807, 2.05) is 11.0 Å². The van der Waals surface area contributed by atoms with Crippen molar-refractivity contribution in [2.45, 2.75) is 18.8 Å². The highest BCUT2D eigenvalue weighted by molar-refractivity contribution is 5.85. The minimum atomic E-state index is 0. The van der Waals surface area contributed by atoms with Crippen molar-refractivity contribution in [3.05, 3.63) is 64.7 Å². The number of guanidine groups is 1. The van der Waals surface area contributed by atoms with Gasteiger partial charge in [0.1, 0.15) is 5.75 Å². The van der Waals surface area contributed by atoms with Crippen LogP contribution in [0.1, 0.15) is 41.0 Å². The highest BCUT2D eigenvalue weighted by atomic mass is 35.5. The molecule has 27 heavy (non-hydrogen) atoms. The third-order valence-corrected chi connectivity index (χ3v) is 5.75. The van der Waals surface area contributed by atoms with Crippen LogP contribution in [0.5, 0.6) is 5.75 Å². The van der Waals surface area contributed by atoms with E-state index in [0.717, 1.165) is 31.7 Å². The topological polar surface area (TPSA) is 62.3 Å². The van der Waals surface area contributed by atoms with Crippen molar-refractivity contribution in [2.75, 3.05) is 20.2 Å². The molecule has 0 amide bonds. The molecule has 1 unspecified atom stereocenters. The molecular weight excluding hydrogens is 358 g/mol. The molecular formula is C22H26ClN3O. The standard InChI is InChI=1S/C22H25N3O.ClH/c1-26-18-9-8-16-7-6-15-4-2-3-5-19(15)21(20(16)14-18)17-10-12-25(13-11-17)22(23)24;/h2-9,14,17,21H,10-13H2,1H3,(H3,23,24);1H. The monoisotopic (exact) mass is 383 g/mol. The second kappa shape index (κ2) is 8.05. The summed E-state index contributed by atoms with van der Waals surface area (Å²) in [6.07, 6.45) is 6.52. The summed E-state index contributed by atoms with van der Waals surface area (Å²) < 4.78 is 5.52. The Kier molecular flexibility index (Phi) is 5.76. The van der Waals surface area contributed by atoms with Crippen molar-refractivity contribution in [3.8, 4) is 5.75 Å². The number of rotatable bonds is 2. The Morgan fingerprint density at radius 1 is 1.04 bits per heavy atom. The zero-order chi connectivity index (χ0) is 18.1. The third kappa shape index (κ3) is 3.67. The smallest absolute Gasteiger partial charge is 0.188 e. The van der Waals surface area contributed by atoms with Gasteiger partial charge in [-0.2, -0.15) is 0 Å². The predicted molar refractivity (Wildman–Crippen MR) is 114 cm³/mol. The van der Waals surface area contributed by atoms with Crippen LogP contribution >= 0.6 is 12.4 Å². The predicted octanol–water partition coefficient (Wildman–Crippen LogP) is 4.34. The minimum Gasteiger partial charge on any atom is -0.497 e. The quantitative estimate of drug-likeness (QED) is 0.599. The van der Waals surface area contributed by atoms with Gasteiger partial charge in [-0.1, -0.05) is 42.5 Å². The lowest BCUT2D eigenvalue weighted by atomic mass is 9.74. The molecule has 1 aliphatic heterocycles. The average molecular weight is 384 g/mol. The van der Waals surface area contributed by atoms with E-state index in [2.05, 4.69) is 48.6 Å². The number of methoxy groups -OCH3 is 1. The van der Waals surface area contributed by atoms with Crippen molar-refractivity contribution in [2.24, 2.45) is 11.7 Å². The summed E-state index contributed by atoms with van der Waals surface area (Å²) in [4.78, 5) is 1.98. The van der Waals surface area contributed by atoms with Gasteiger partial charge in [-0.05, 0) is 53.1 Å². The van der Waals surface area contributed by atoms with E-state index in [1.54, 1.807) is 7.11 Å². The molecule has 0 bridgehead atoms. The zero-order valence-corrected chi connectivity index (χ0v) is 16.3. The van der Waals surface area contributed by atoms with Crippen molar-refractivity contribution in [3.63, 3.8) is 0 Å². The zero-order valence-electron chi connectivity index (χ0n) is 15.5. The number of hydrogen-bond acceptors (Lipinski definition) is 2. The minimum absolute atomic E-state index is 0. The molecule has 1 fully saturated rings. The lowest BCUT2D eigenvalue weighted by molar-refractivity contribution is 0.246. The maximum atomic E-state index is 7.70. The lowest BCUT2D eigenvalue weighted by Gasteiger charge is -2.37. The first-order valence-corrected chi connectivity index (χ1v) is 9.21. The summed E-state index contributed by atoms with van der Waals surface area (Å²) in [5.74, 6) is 1.95. The van der Waals surface area contributed by atoms with Crippen LogP contribution in [0.2, 0.25) is 0 Å². The van der Waals surface area contributed by atoms with Gasteiger partial charge in [0.05, 0.1) is 7.11 Å². The molecule has 0 aromatic heterocycles. The molecule has 4 nitrogen and oxygen atoms in total. The van der Waals surface area contributed by atoms with Gasteiger partial charge in [-0.15, -0.1) is 12.4 Å². The van der Waals surface area contributed by atoms with Crippen LogP contribution in [-0.2, 0) is 0 Å². The number of piperidine rings is 1. The van der Waals surface area contributed by atoms with E-state index >= 15 is 0 Å². The van der Waals surface area contributed by atoms with Crippen LogP contribution in [0.4, 0.5) is 0 Å². The summed E-state index contributed by atoms with van der Waals surface area (Å²) in [6.45, 7) is 1.71. The fourth-order valence-electron chi connectivity index (χ4n) is 4.38. The van der Waals surface area contributed by atoms with Crippen molar-refractivity contribution < 1.29 is 4.74 Å². The number of halogens is 1. The molecule has 1 saturated heterocycles. The average Bonchev–Trinajstić information content (AvgIpc) is 2.84. The Balaban J connectivity index is 0.00000210. The Bertz CT molecular complexity index is 856. The molecule has 2 aliphatic rings. The van der Waals surface area contributed by atoms with E-state index < -0.39 is 0 Å². The van der Waals surface area contributed by atoms with E-state index in [4.69, 9.17) is 15.9 Å². The number of ether oxygens (including phenoxy) is 1. The van der Waals surface area contributed by atoms with Crippen LogP contribution in [-0.4, -0.2) is 31.1 Å². The summed E-state index contributed by atoms with van der Waals surface area (Å²) in [5, 5.41) is 7.70. The Hall–Kier alpha value is -2.46. The Labute approximate surface area is 166 Å². The second-order valence-electron chi connectivity index (χ2n) is 7.14. The largest absolute Gasteiger partial charge is 0.497 e. The fourth-order valence-corrected chi connectivity index (χ4v) is 4.38. The van der Waals surface area contributed by atoms with Gasteiger partial charge in [0.25, 0.3) is 0 Å². The van der Waals surface area contributed by atoms with Crippen molar-refractivity contribution in [1.29, 1.82) is 5.41 Å². The molecule has 3 N–H and O–H groups in total. The molecule has 0 saturated carbocycles. The summed E-state index contributed by atoms with van der Waals surface area (Å²) in [5.41, 5.74) is 11.0. The molecule has 1 atom stereocenters. The van der Waals surface area contributed by atoms with Crippen LogP contribution in [0.25, 0.3) is 12.2 Å². The van der Waals surface area contributed by atoms with E-state index in [0.29, 0.717) is 11.8 Å². The van der Waals surface area contributed by atoms with Gasteiger partial charge in [0.15, 0.2) is 5.96 Å².